The molecule has 0 saturated carbocycles. The van der Waals surface area contributed by atoms with E-state index in [1.54, 1.807) is 28.5 Å². The number of rotatable bonds is 5. The molecule has 156 valence electrons. The summed E-state index contributed by atoms with van der Waals surface area (Å²) in [6, 6.07) is 5.24. The Morgan fingerprint density at radius 2 is 2.23 bits per heavy atom. The van der Waals surface area contributed by atoms with Crippen LogP contribution in [-0.2, 0) is 9.47 Å². The maximum Gasteiger partial charge on any atom is 0.278 e. The first-order valence-corrected chi connectivity index (χ1v) is 10.1. The summed E-state index contributed by atoms with van der Waals surface area (Å²) in [6.07, 6.45) is 3.15. The van der Waals surface area contributed by atoms with E-state index in [1.165, 1.54) is 0 Å². The van der Waals surface area contributed by atoms with E-state index in [9.17, 15) is 4.79 Å². The van der Waals surface area contributed by atoms with E-state index in [4.69, 9.17) is 25.6 Å². The van der Waals surface area contributed by atoms with Crippen molar-refractivity contribution in [1.82, 2.24) is 24.1 Å². The molecule has 4 aromatic rings. The number of hydrogen-bond donors (Lipinski definition) is 0. The van der Waals surface area contributed by atoms with Crippen molar-refractivity contribution in [2.45, 2.75) is 31.9 Å². The molecular formula is C20H20ClN5O4. The van der Waals surface area contributed by atoms with Gasteiger partial charge in [-0.1, -0.05) is 22.8 Å². The molecule has 10 heteroatoms. The molecule has 1 aromatic carbocycles. The van der Waals surface area contributed by atoms with Crippen LogP contribution in [0.5, 0.6) is 0 Å². The molecule has 0 spiro atoms. The van der Waals surface area contributed by atoms with Crippen LogP contribution in [0.1, 0.15) is 37.8 Å². The van der Waals surface area contributed by atoms with Gasteiger partial charge in [-0.2, -0.15) is 4.98 Å². The number of aromatic nitrogens is 5. The predicted octanol–water partition coefficient (Wildman–Crippen LogP) is 3.41. The van der Waals surface area contributed by atoms with Crippen molar-refractivity contribution in [3.63, 3.8) is 0 Å². The minimum Gasteiger partial charge on any atom is -0.383 e. The smallest absolute Gasteiger partial charge is 0.278 e. The highest BCUT2D eigenvalue weighted by atomic mass is 35.5. The summed E-state index contributed by atoms with van der Waals surface area (Å²) in [5, 5.41) is 4.54. The predicted molar refractivity (Wildman–Crippen MR) is 110 cm³/mol. The highest BCUT2D eigenvalue weighted by Crippen LogP contribution is 2.31. The molecular weight excluding hydrogens is 410 g/mol. The van der Waals surface area contributed by atoms with E-state index in [1.807, 2.05) is 19.1 Å². The first-order chi connectivity index (χ1) is 14.6. The van der Waals surface area contributed by atoms with Crippen molar-refractivity contribution in [1.29, 1.82) is 0 Å². The number of benzene rings is 1. The molecule has 30 heavy (non-hydrogen) atoms. The summed E-state index contributed by atoms with van der Waals surface area (Å²) >= 11 is 6.49. The Morgan fingerprint density at radius 3 is 3.00 bits per heavy atom. The molecule has 1 aliphatic heterocycles. The fourth-order valence-corrected chi connectivity index (χ4v) is 4.28. The zero-order chi connectivity index (χ0) is 20.8. The van der Waals surface area contributed by atoms with Gasteiger partial charge in [-0.05, 0) is 31.9 Å². The van der Waals surface area contributed by atoms with Gasteiger partial charge in [-0.15, -0.1) is 0 Å². The molecule has 1 aliphatic rings. The molecule has 1 saturated heterocycles. The van der Waals surface area contributed by atoms with Gasteiger partial charge in [0.1, 0.15) is 23.6 Å². The Balaban J connectivity index is 1.76. The third-order valence-electron chi connectivity index (χ3n) is 5.36. The van der Waals surface area contributed by atoms with Gasteiger partial charge < -0.3 is 14.0 Å². The van der Waals surface area contributed by atoms with Crippen molar-refractivity contribution < 1.29 is 14.0 Å². The first kappa shape index (κ1) is 19.2. The van der Waals surface area contributed by atoms with Crippen LogP contribution in [0.4, 0.5) is 0 Å². The van der Waals surface area contributed by atoms with Gasteiger partial charge in [0.05, 0.1) is 28.7 Å². The molecule has 2 atom stereocenters. The van der Waals surface area contributed by atoms with Gasteiger partial charge in [-0.25, -0.2) is 4.98 Å². The fraction of sp³-hybridized carbons (Fsp3) is 0.400. The third-order valence-corrected chi connectivity index (χ3v) is 5.67. The highest BCUT2D eigenvalue weighted by molar-refractivity contribution is 6.35. The Bertz CT molecular complexity index is 1290. The Morgan fingerprint density at radius 1 is 1.37 bits per heavy atom. The lowest BCUT2D eigenvalue weighted by Gasteiger charge is -2.19. The van der Waals surface area contributed by atoms with E-state index < -0.39 is 0 Å². The molecule has 0 bridgehead atoms. The molecule has 2 unspecified atom stereocenters. The van der Waals surface area contributed by atoms with E-state index in [0.717, 1.165) is 18.4 Å². The number of nitrogens with zero attached hydrogens (tertiary/aromatic N) is 5. The van der Waals surface area contributed by atoms with Crippen molar-refractivity contribution in [2.24, 2.45) is 0 Å². The molecule has 0 aliphatic carbocycles. The molecule has 0 amide bonds. The first-order valence-electron chi connectivity index (χ1n) is 9.74. The Labute approximate surface area is 176 Å². The minimum atomic E-state index is -0.254. The van der Waals surface area contributed by atoms with Crippen molar-refractivity contribution >= 4 is 28.2 Å². The Kier molecular flexibility index (Phi) is 4.80. The second-order valence-electron chi connectivity index (χ2n) is 7.36. The SMILES string of the molecule is COCC(C)n1c(=O)c2c(-c3noc(C4CCCO4)n3)ncn2c2cccc(Cl)c21. The lowest BCUT2D eigenvalue weighted by molar-refractivity contribution is 0.0835. The molecule has 4 heterocycles. The van der Waals surface area contributed by atoms with Crippen molar-refractivity contribution in [2.75, 3.05) is 20.3 Å². The summed E-state index contributed by atoms with van der Waals surface area (Å²) in [5.41, 5.74) is 1.83. The van der Waals surface area contributed by atoms with Crippen molar-refractivity contribution in [3.8, 4) is 11.5 Å². The maximum atomic E-state index is 13.6. The van der Waals surface area contributed by atoms with E-state index in [-0.39, 0.29) is 23.5 Å². The van der Waals surface area contributed by atoms with Gasteiger partial charge in [0.15, 0.2) is 0 Å². The number of halogens is 1. The van der Waals surface area contributed by atoms with Crippen LogP contribution in [-0.4, -0.2) is 44.4 Å². The number of fused-ring (bicyclic) bond motifs is 3. The molecule has 0 N–H and O–H groups in total. The normalized spacial score (nSPS) is 17.9. The monoisotopic (exact) mass is 429 g/mol. The largest absolute Gasteiger partial charge is 0.383 e. The zero-order valence-electron chi connectivity index (χ0n) is 16.5. The molecule has 0 radical (unpaired) electrons. The van der Waals surface area contributed by atoms with E-state index in [0.29, 0.717) is 40.9 Å². The molecule has 9 nitrogen and oxygen atoms in total. The molecule has 3 aromatic heterocycles. The second-order valence-corrected chi connectivity index (χ2v) is 7.76. The number of ether oxygens (including phenoxy) is 2. The van der Waals surface area contributed by atoms with E-state index >= 15 is 0 Å². The molecule has 5 rings (SSSR count). The van der Waals surface area contributed by atoms with Gasteiger partial charge in [0.25, 0.3) is 11.4 Å². The number of imidazole rings is 1. The summed E-state index contributed by atoms with van der Waals surface area (Å²) in [5.74, 6) is 0.660. The number of para-hydroxylation sites is 1. The summed E-state index contributed by atoms with van der Waals surface area (Å²) in [6.45, 7) is 2.93. The average Bonchev–Trinajstić information content (AvgIpc) is 3.48. The number of methoxy groups -OCH3 is 1. The third kappa shape index (κ3) is 2.92. The van der Waals surface area contributed by atoms with E-state index in [2.05, 4.69) is 15.1 Å². The average molecular weight is 430 g/mol. The van der Waals surface area contributed by atoms with Crippen LogP contribution >= 0.6 is 11.6 Å². The van der Waals surface area contributed by atoms with Crippen molar-refractivity contribution in [3.05, 3.63) is 45.8 Å². The topological polar surface area (TPSA) is 96.7 Å². The summed E-state index contributed by atoms with van der Waals surface area (Å²) < 4.78 is 19.7. The minimum absolute atomic E-state index is 0.210. The quantitative estimate of drug-likeness (QED) is 0.479. The highest BCUT2D eigenvalue weighted by Gasteiger charge is 2.27. The Hall–Kier alpha value is -2.75. The van der Waals surface area contributed by atoms with Crippen LogP contribution in [0, 0.1) is 0 Å². The van der Waals surface area contributed by atoms with Crippen LogP contribution < -0.4 is 5.56 Å². The summed E-state index contributed by atoms with van der Waals surface area (Å²) in [7, 11) is 1.60. The van der Waals surface area contributed by atoms with Crippen LogP contribution in [0.2, 0.25) is 5.02 Å². The summed E-state index contributed by atoms with van der Waals surface area (Å²) in [4.78, 5) is 22.5. The van der Waals surface area contributed by atoms with Gasteiger partial charge in [-0.3, -0.25) is 13.8 Å². The molecule has 1 fully saturated rings. The van der Waals surface area contributed by atoms with Crippen LogP contribution in [0.25, 0.3) is 28.1 Å². The van der Waals surface area contributed by atoms with Crippen LogP contribution in [0.15, 0.2) is 33.8 Å². The van der Waals surface area contributed by atoms with Gasteiger partial charge in [0, 0.05) is 13.7 Å². The number of hydrogen-bond acceptors (Lipinski definition) is 7. The van der Waals surface area contributed by atoms with Gasteiger partial charge >= 0.3 is 0 Å². The van der Waals surface area contributed by atoms with Crippen LogP contribution in [0.3, 0.4) is 0 Å². The lowest BCUT2D eigenvalue weighted by atomic mass is 10.2. The maximum absolute atomic E-state index is 13.6. The van der Waals surface area contributed by atoms with Gasteiger partial charge in [0.2, 0.25) is 5.82 Å². The zero-order valence-corrected chi connectivity index (χ0v) is 17.3. The standard InChI is InChI=1S/C20H20ClN5O4/c1-11(9-28-2)26-16-12(21)5-3-6-13(16)25-10-22-15(17(25)20(26)27)18-23-19(30-24-18)14-7-4-8-29-14/h3,5-6,10-11,14H,4,7-9H2,1-2H3. The fourth-order valence-electron chi connectivity index (χ4n) is 4.02. The lowest BCUT2D eigenvalue weighted by Crippen LogP contribution is -2.28. The second kappa shape index (κ2) is 7.50.